The number of carbonyl (C=O) groups is 1. The first-order valence-corrected chi connectivity index (χ1v) is 6.66. The van der Waals surface area contributed by atoms with Crippen LogP contribution < -0.4 is 5.32 Å². The summed E-state index contributed by atoms with van der Waals surface area (Å²) in [6, 6.07) is 4.34. The molecule has 0 unspecified atom stereocenters. The van der Waals surface area contributed by atoms with Gasteiger partial charge in [0.15, 0.2) is 0 Å². The van der Waals surface area contributed by atoms with Gasteiger partial charge >= 0.3 is 5.69 Å². The van der Waals surface area contributed by atoms with Gasteiger partial charge in [0.1, 0.15) is 10.6 Å². The molecule has 1 aromatic rings. The Morgan fingerprint density at radius 3 is 2.74 bits per heavy atom. The van der Waals surface area contributed by atoms with Crippen LogP contribution >= 0.6 is 11.6 Å². The molecular weight excluding hydrogens is 268 g/mol. The third kappa shape index (κ3) is 4.52. The van der Waals surface area contributed by atoms with E-state index in [4.69, 9.17) is 11.6 Å². The summed E-state index contributed by atoms with van der Waals surface area (Å²) in [6.07, 6.45) is 4.14. The van der Waals surface area contributed by atoms with Crippen LogP contribution in [0.15, 0.2) is 18.2 Å². The lowest BCUT2D eigenvalue weighted by Crippen LogP contribution is -2.25. The maximum Gasteiger partial charge on any atom is 0.300 e. The van der Waals surface area contributed by atoms with E-state index in [2.05, 4.69) is 12.2 Å². The molecule has 104 valence electrons. The minimum Gasteiger partial charge on any atom is -0.352 e. The lowest BCUT2D eigenvalue weighted by molar-refractivity contribution is -0.385. The van der Waals surface area contributed by atoms with E-state index in [-0.39, 0.29) is 16.3 Å². The molecule has 0 radical (unpaired) electrons. The summed E-state index contributed by atoms with van der Waals surface area (Å²) in [5.41, 5.74) is -0.330. The molecule has 19 heavy (non-hydrogen) atoms. The number of hydrogen-bond acceptors (Lipinski definition) is 3. The molecule has 0 spiro atoms. The Morgan fingerprint density at radius 1 is 1.37 bits per heavy atom. The van der Waals surface area contributed by atoms with E-state index >= 15 is 0 Å². The van der Waals surface area contributed by atoms with Gasteiger partial charge in [-0.2, -0.15) is 0 Å². The maximum atomic E-state index is 11.9. The molecule has 1 aromatic carbocycles. The van der Waals surface area contributed by atoms with Gasteiger partial charge in [-0.25, -0.2) is 0 Å². The number of amides is 1. The lowest BCUT2D eigenvalue weighted by Gasteiger charge is -2.06. The minimum atomic E-state index is -0.631. The molecule has 5 nitrogen and oxygen atoms in total. The van der Waals surface area contributed by atoms with Gasteiger partial charge in [0, 0.05) is 6.54 Å². The van der Waals surface area contributed by atoms with Crippen molar-refractivity contribution in [3.8, 4) is 0 Å². The summed E-state index contributed by atoms with van der Waals surface area (Å²) < 4.78 is 0. The number of hydrogen-bond donors (Lipinski definition) is 1. The number of nitrogens with one attached hydrogen (secondary N) is 1. The Morgan fingerprint density at radius 2 is 2.11 bits per heavy atom. The highest BCUT2D eigenvalue weighted by molar-refractivity contribution is 6.33. The van der Waals surface area contributed by atoms with Crippen LogP contribution in [-0.2, 0) is 0 Å². The van der Waals surface area contributed by atoms with Crippen LogP contribution in [0.1, 0.15) is 43.0 Å². The van der Waals surface area contributed by atoms with E-state index in [1.165, 1.54) is 18.2 Å². The number of carbonyl (C=O) groups excluding carboxylic acids is 1. The van der Waals surface area contributed by atoms with E-state index in [9.17, 15) is 14.9 Å². The summed E-state index contributed by atoms with van der Waals surface area (Å²) in [5.74, 6) is -0.453. The third-order valence-corrected chi connectivity index (χ3v) is 3.03. The minimum absolute atomic E-state index is 0.00740. The number of halogens is 1. The number of nitrogens with zero attached hydrogens (tertiary/aromatic N) is 1. The second-order valence-corrected chi connectivity index (χ2v) is 4.62. The first-order valence-electron chi connectivity index (χ1n) is 6.29. The third-order valence-electron chi connectivity index (χ3n) is 2.73. The van der Waals surface area contributed by atoms with Gasteiger partial charge in [0.05, 0.1) is 4.92 Å². The van der Waals surface area contributed by atoms with Crippen LogP contribution in [0.5, 0.6) is 0 Å². The monoisotopic (exact) mass is 284 g/mol. The van der Waals surface area contributed by atoms with Crippen LogP contribution in [0, 0.1) is 10.1 Å². The second-order valence-electron chi connectivity index (χ2n) is 4.21. The van der Waals surface area contributed by atoms with Crippen molar-refractivity contribution in [2.24, 2.45) is 0 Å². The molecule has 6 heteroatoms. The fraction of sp³-hybridized carbons (Fsp3) is 0.462. The van der Waals surface area contributed by atoms with Gasteiger partial charge in [-0.3, -0.25) is 14.9 Å². The molecule has 0 aliphatic carbocycles. The Bertz CT molecular complexity index is 463. The average molecular weight is 285 g/mol. The van der Waals surface area contributed by atoms with E-state index in [0.717, 1.165) is 25.7 Å². The predicted octanol–water partition coefficient (Wildman–Crippen LogP) is 3.56. The molecule has 0 aliphatic rings. The summed E-state index contributed by atoms with van der Waals surface area (Å²) in [7, 11) is 0. The van der Waals surface area contributed by atoms with Crippen molar-refractivity contribution < 1.29 is 9.72 Å². The fourth-order valence-corrected chi connectivity index (χ4v) is 1.98. The summed E-state index contributed by atoms with van der Waals surface area (Å²) in [5, 5.41) is 13.6. The van der Waals surface area contributed by atoms with Gasteiger partial charge in [-0.15, -0.1) is 0 Å². The van der Waals surface area contributed by atoms with Gasteiger partial charge in [-0.05, 0) is 18.6 Å². The van der Waals surface area contributed by atoms with E-state index in [0.29, 0.717) is 6.54 Å². The summed E-state index contributed by atoms with van der Waals surface area (Å²) in [4.78, 5) is 22.2. The number of nitro groups is 1. The van der Waals surface area contributed by atoms with Gasteiger partial charge < -0.3 is 5.32 Å². The zero-order chi connectivity index (χ0) is 14.3. The Balaban J connectivity index is 2.67. The maximum absolute atomic E-state index is 11.9. The number of nitro benzene ring substituents is 1. The van der Waals surface area contributed by atoms with Crippen molar-refractivity contribution in [1.29, 1.82) is 0 Å². The van der Waals surface area contributed by atoms with Crippen LogP contribution in [0.4, 0.5) is 5.69 Å². The van der Waals surface area contributed by atoms with Crippen LogP contribution in [0.3, 0.4) is 0 Å². The Kier molecular flexibility index (Phi) is 6.29. The van der Waals surface area contributed by atoms with E-state index < -0.39 is 10.8 Å². The first-order chi connectivity index (χ1) is 9.07. The lowest BCUT2D eigenvalue weighted by atomic mass is 10.1. The largest absolute Gasteiger partial charge is 0.352 e. The molecule has 0 bridgehead atoms. The van der Waals surface area contributed by atoms with E-state index in [1.807, 2.05) is 0 Å². The SMILES string of the molecule is CCCCCCNC(=O)c1cccc(Cl)c1[N+](=O)[O-]. The van der Waals surface area contributed by atoms with E-state index in [1.54, 1.807) is 0 Å². The second kappa shape index (κ2) is 7.74. The molecule has 1 N–H and O–H groups in total. The molecule has 0 aromatic heterocycles. The molecule has 1 rings (SSSR count). The smallest absolute Gasteiger partial charge is 0.300 e. The summed E-state index contributed by atoms with van der Waals surface area (Å²) in [6.45, 7) is 2.62. The number of rotatable bonds is 7. The highest BCUT2D eigenvalue weighted by Crippen LogP contribution is 2.27. The number of unbranched alkanes of at least 4 members (excludes halogenated alkanes) is 3. The first kappa shape index (κ1) is 15.4. The Labute approximate surface area is 117 Å². The molecule has 0 aliphatic heterocycles. The van der Waals surface area contributed by atoms with Crippen molar-refractivity contribution in [3.63, 3.8) is 0 Å². The van der Waals surface area contributed by atoms with Gasteiger partial charge in [0.25, 0.3) is 5.91 Å². The quantitative estimate of drug-likeness (QED) is 0.473. The highest BCUT2D eigenvalue weighted by atomic mass is 35.5. The molecule has 0 fully saturated rings. The van der Waals surface area contributed by atoms with Crippen molar-refractivity contribution >= 4 is 23.2 Å². The van der Waals surface area contributed by atoms with Gasteiger partial charge in [0.2, 0.25) is 0 Å². The van der Waals surface area contributed by atoms with Crippen LogP contribution in [0.25, 0.3) is 0 Å². The van der Waals surface area contributed by atoms with Crippen molar-refractivity contribution in [2.45, 2.75) is 32.6 Å². The highest BCUT2D eigenvalue weighted by Gasteiger charge is 2.23. The topological polar surface area (TPSA) is 72.2 Å². The molecular formula is C13H17ClN2O3. The van der Waals surface area contributed by atoms with Crippen molar-refractivity contribution in [3.05, 3.63) is 38.9 Å². The molecule has 0 saturated carbocycles. The zero-order valence-corrected chi connectivity index (χ0v) is 11.6. The van der Waals surface area contributed by atoms with Crippen molar-refractivity contribution in [1.82, 2.24) is 5.32 Å². The summed E-state index contributed by atoms with van der Waals surface area (Å²) >= 11 is 5.75. The zero-order valence-electron chi connectivity index (χ0n) is 10.8. The molecule has 0 saturated heterocycles. The van der Waals surface area contributed by atoms with Crippen LogP contribution in [0.2, 0.25) is 5.02 Å². The molecule has 0 heterocycles. The standard InChI is InChI=1S/C13H17ClN2O3/c1-2-3-4-5-9-15-13(17)10-7-6-8-11(14)12(10)16(18)19/h6-8H,2-5,9H2,1H3,(H,15,17). The fourth-order valence-electron chi connectivity index (χ4n) is 1.73. The number of benzene rings is 1. The van der Waals surface area contributed by atoms with Crippen molar-refractivity contribution in [2.75, 3.05) is 6.54 Å². The Hall–Kier alpha value is -1.62. The molecule has 1 amide bonds. The number of para-hydroxylation sites is 1. The normalized spacial score (nSPS) is 10.2. The molecule has 0 atom stereocenters. The predicted molar refractivity (Wildman–Crippen MR) is 74.6 cm³/mol. The average Bonchev–Trinajstić information content (AvgIpc) is 2.37. The van der Waals surface area contributed by atoms with Crippen LogP contribution in [-0.4, -0.2) is 17.4 Å². The van der Waals surface area contributed by atoms with Gasteiger partial charge in [-0.1, -0.05) is 43.9 Å².